The van der Waals surface area contributed by atoms with E-state index in [0.717, 1.165) is 33.8 Å². The molecule has 2 aromatic carbocycles. The molecule has 2 aromatic rings. The SMILES string of the molecule is C=C(C)COc1ccc(NCC(=O)Nc2c(C)cc(C)cc2C)cc1. The van der Waals surface area contributed by atoms with Gasteiger partial charge in [-0.2, -0.15) is 0 Å². The molecular weight excluding hydrogens is 312 g/mol. The Morgan fingerprint density at radius 1 is 1.08 bits per heavy atom. The van der Waals surface area contributed by atoms with Gasteiger partial charge in [-0.15, -0.1) is 0 Å². The van der Waals surface area contributed by atoms with Crippen molar-refractivity contribution in [1.82, 2.24) is 0 Å². The van der Waals surface area contributed by atoms with Crippen molar-refractivity contribution in [2.45, 2.75) is 27.7 Å². The minimum Gasteiger partial charge on any atom is -0.489 e. The van der Waals surface area contributed by atoms with Crippen molar-refractivity contribution in [3.8, 4) is 5.75 Å². The van der Waals surface area contributed by atoms with E-state index in [2.05, 4.69) is 36.3 Å². The van der Waals surface area contributed by atoms with E-state index >= 15 is 0 Å². The summed E-state index contributed by atoms with van der Waals surface area (Å²) in [6, 6.07) is 11.7. The highest BCUT2D eigenvalue weighted by Gasteiger charge is 2.08. The molecule has 0 unspecified atom stereocenters. The van der Waals surface area contributed by atoms with Crippen LogP contribution in [0.3, 0.4) is 0 Å². The zero-order valence-corrected chi connectivity index (χ0v) is 15.4. The highest BCUT2D eigenvalue weighted by molar-refractivity contribution is 5.95. The first kappa shape index (κ1) is 18.6. The third kappa shape index (κ3) is 5.68. The molecule has 132 valence electrons. The lowest BCUT2D eigenvalue weighted by Gasteiger charge is -2.14. The van der Waals surface area contributed by atoms with Crippen molar-refractivity contribution in [1.29, 1.82) is 0 Å². The fourth-order valence-electron chi connectivity index (χ4n) is 2.62. The summed E-state index contributed by atoms with van der Waals surface area (Å²) in [5.41, 5.74) is 6.08. The number of carbonyl (C=O) groups excluding carboxylic acids is 1. The van der Waals surface area contributed by atoms with Gasteiger partial charge in [0.25, 0.3) is 0 Å². The van der Waals surface area contributed by atoms with Gasteiger partial charge >= 0.3 is 0 Å². The number of carbonyl (C=O) groups is 1. The summed E-state index contributed by atoms with van der Waals surface area (Å²) in [5.74, 6) is 0.710. The van der Waals surface area contributed by atoms with Crippen LogP contribution >= 0.6 is 0 Å². The lowest BCUT2D eigenvalue weighted by atomic mass is 10.1. The maximum absolute atomic E-state index is 12.2. The monoisotopic (exact) mass is 338 g/mol. The Labute approximate surface area is 149 Å². The second-order valence-electron chi connectivity index (χ2n) is 6.45. The van der Waals surface area contributed by atoms with Crippen molar-refractivity contribution in [2.24, 2.45) is 0 Å². The lowest BCUT2D eigenvalue weighted by Crippen LogP contribution is -2.22. The average molecular weight is 338 g/mol. The van der Waals surface area contributed by atoms with Gasteiger partial charge in [-0.05, 0) is 68.7 Å². The molecule has 0 aromatic heterocycles. The summed E-state index contributed by atoms with van der Waals surface area (Å²) in [5, 5.41) is 6.11. The van der Waals surface area contributed by atoms with E-state index in [9.17, 15) is 4.79 Å². The predicted octanol–water partition coefficient (Wildman–Crippen LogP) is 4.62. The Morgan fingerprint density at radius 2 is 1.68 bits per heavy atom. The molecule has 0 saturated carbocycles. The van der Waals surface area contributed by atoms with E-state index in [1.165, 1.54) is 5.56 Å². The third-order valence-corrected chi connectivity index (χ3v) is 3.73. The van der Waals surface area contributed by atoms with Crippen molar-refractivity contribution in [3.63, 3.8) is 0 Å². The number of rotatable bonds is 7. The summed E-state index contributed by atoms with van der Waals surface area (Å²) >= 11 is 0. The molecule has 2 rings (SSSR count). The first-order valence-corrected chi connectivity index (χ1v) is 8.34. The van der Waals surface area contributed by atoms with Crippen molar-refractivity contribution in [2.75, 3.05) is 23.8 Å². The molecule has 4 heteroatoms. The van der Waals surface area contributed by atoms with Crippen LogP contribution in [0.4, 0.5) is 11.4 Å². The van der Waals surface area contributed by atoms with Crippen LogP contribution in [0.1, 0.15) is 23.6 Å². The van der Waals surface area contributed by atoms with Crippen LogP contribution in [0.25, 0.3) is 0 Å². The maximum Gasteiger partial charge on any atom is 0.243 e. The van der Waals surface area contributed by atoms with Crippen molar-refractivity contribution >= 4 is 17.3 Å². The quantitative estimate of drug-likeness (QED) is 0.724. The molecule has 0 aliphatic heterocycles. The summed E-state index contributed by atoms with van der Waals surface area (Å²) in [6.07, 6.45) is 0. The number of nitrogens with one attached hydrogen (secondary N) is 2. The molecule has 0 saturated heterocycles. The molecule has 25 heavy (non-hydrogen) atoms. The predicted molar refractivity (Wildman–Crippen MR) is 105 cm³/mol. The maximum atomic E-state index is 12.2. The van der Waals surface area contributed by atoms with Crippen LogP contribution in [0, 0.1) is 20.8 Å². The number of hydrogen-bond donors (Lipinski definition) is 2. The van der Waals surface area contributed by atoms with Gasteiger partial charge in [-0.25, -0.2) is 0 Å². The van der Waals surface area contributed by atoms with Crippen LogP contribution in [-0.2, 0) is 4.79 Å². The average Bonchev–Trinajstić information content (AvgIpc) is 2.55. The highest BCUT2D eigenvalue weighted by Crippen LogP contribution is 2.22. The van der Waals surface area contributed by atoms with Crippen molar-refractivity contribution < 1.29 is 9.53 Å². The molecule has 0 fully saturated rings. The number of anilines is 2. The zero-order valence-electron chi connectivity index (χ0n) is 15.4. The fourth-order valence-corrected chi connectivity index (χ4v) is 2.62. The number of hydrogen-bond acceptors (Lipinski definition) is 3. The molecule has 0 heterocycles. The van der Waals surface area contributed by atoms with Crippen LogP contribution in [0.5, 0.6) is 5.75 Å². The Kier molecular flexibility index (Phi) is 6.23. The standard InChI is InChI=1S/C21H26N2O2/c1-14(2)13-25-19-8-6-18(7-9-19)22-12-20(24)23-21-16(4)10-15(3)11-17(21)5/h6-11,22H,1,12-13H2,2-5H3,(H,23,24). The largest absolute Gasteiger partial charge is 0.489 e. The Balaban J connectivity index is 1.89. The molecule has 0 radical (unpaired) electrons. The topological polar surface area (TPSA) is 50.4 Å². The summed E-state index contributed by atoms with van der Waals surface area (Å²) in [7, 11) is 0. The van der Waals surface area contributed by atoms with Gasteiger partial charge in [0.05, 0.1) is 6.54 Å². The van der Waals surface area contributed by atoms with E-state index in [1.807, 2.05) is 45.0 Å². The molecule has 1 amide bonds. The van der Waals surface area contributed by atoms with Gasteiger partial charge in [-0.3, -0.25) is 4.79 Å². The first-order chi connectivity index (χ1) is 11.8. The van der Waals surface area contributed by atoms with E-state index in [-0.39, 0.29) is 12.5 Å². The van der Waals surface area contributed by atoms with Gasteiger partial charge in [0.15, 0.2) is 0 Å². The van der Waals surface area contributed by atoms with Crippen LogP contribution in [0.2, 0.25) is 0 Å². The Bertz CT molecular complexity index is 741. The van der Waals surface area contributed by atoms with E-state index < -0.39 is 0 Å². The lowest BCUT2D eigenvalue weighted by molar-refractivity contribution is -0.114. The van der Waals surface area contributed by atoms with Crippen molar-refractivity contribution in [3.05, 3.63) is 65.2 Å². The molecule has 0 spiro atoms. The Morgan fingerprint density at radius 3 is 2.24 bits per heavy atom. The minimum atomic E-state index is -0.0716. The zero-order chi connectivity index (χ0) is 18.4. The minimum absolute atomic E-state index is 0.0716. The first-order valence-electron chi connectivity index (χ1n) is 8.34. The number of ether oxygens (including phenoxy) is 1. The molecule has 0 aliphatic carbocycles. The third-order valence-electron chi connectivity index (χ3n) is 3.73. The number of aryl methyl sites for hydroxylation is 3. The summed E-state index contributed by atoms with van der Waals surface area (Å²) < 4.78 is 5.56. The molecule has 4 nitrogen and oxygen atoms in total. The Hall–Kier alpha value is -2.75. The van der Waals surface area contributed by atoms with Gasteiger partial charge in [0, 0.05) is 11.4 Å². The van der Waals surface area contributed by atoms with Crippen LogP contribution < -0.4 is 15.4 Å². The second-order valence-corrected chi connectivity index (χ2v) is 6.45. The summed E-state index contributed by atoms with van der Waals surface area (Å²) in [6.45, 7) is 12.5. The van der Waals surface area contributed by atoms with Gasteiger partial charge in [0.1, 0.15) is 12.4 Å². The van der Waals surface area contributed by atoms with E-state index in [0.29, 0.717) is 6.61 Å². The van der Waals surface area contributed by atoms with Gasteiger partial charge < -0.3 is 15.4 Å². The molecule has 2 N–H and O–H groups in total. The van der Waals surface area contributed by atoms with Gasteiger partial charge in [-0.1, -0.05) is 24.3 Å². The van der Waals surface area contributed by atoms with Gasteiger partial charge in [0.2, 0.25) is 5.91 Å². The number of amides is 1. The molecular formula is C21H26N2O2. The normalized spacial score (nSPS) is 10.2. The van der Waals surface area contributed by atoms with E-state index in [1.54, 1.807) is 0 Å². The van der Waals surface area contributed by atoms with E-state index in [4.69, 9.17) is 4.74 Å². The summed E-state index contributed by atoms with van der Waals surface area (Å²) in [4.78, 5) is 12.2. The molecule has 0 aliphatic rings. The second kappa shape index (κ2) is 8.38. The van der Waals surface area contributed by atoms with Crippen LogP contribution in [0.15, 0.2) is 48.6 Å². The fraction of sp³-hybridized carbons (Fsp3) is 0.286. The smallest absolute Gasteiger partial charge is 0.243 e. The highest BCUT2D eigenvalue weighted by atomic mass is 16.5. The number of benzene rings is 2. The van der Waals surface area contributed by atoms with Crippen LogP contribution in [-0.4, -0.2) is 19.1 Å². The molecule has 0 atom stereocenters. The molecule has 0 bridgehead atoms.